The molecule has 4 bridgehead atoms. The van der Waals surface area contributed by atoms with Crippen LogP contribution in [0.15, 0.2) is 24.8 Å². The molecule has 4 aliphatic carbocycles. The van der Waals surface area contributed by atoms with Crippen LogP contribution in [0, 0.1) is 11.8 Å². The second kappa shape index (κ2) is 5.88. The summed E-state index contributed by atoms with van der Waals surface area (Å²) < 4.78 is 5.68. The van der Waals surface area contributed by atoms with Gasteiger partial charge in [-0.1, -0.05) is 13.2 Å². The molecule has 0 aromatic rings. The maximum atomic E-state index is 11.7. The van der Waals surface area contributed by atoms with Crippen LogP contribution in [0.5, 0.6) is 0 Å². The maximum absolute atomic E-state index is 11.7. The van der Waals surface area contributed by atoms with E-state index in [2.05, 4.69) is 13.2 Å². The second-order valence-electron chi connectivity index (χ2n) is 7.08. The van der Waals surface area contributed by atoms with Gasteiger partial charge in [-0.2, -0.15) is 0 Å². The molecular weight excluding hydrogens is 284 g/mol. The minimum Gasteiger partial charge on any atom is -0.478 e. The van der Waals surface area contributed by atoms with Gasteiger partial charge in [-0.05, 0) is 50.9 Å². The summed E-state index contributed by atoms with van der Waals surface area (Å²) in [6, 6.07) is 0. The highest BCUT2D eigenvalue weighted by atomic mass is 16.6. The first kappa shape index (κ1) is 16.7. The van der Waals surface area contributed by atoms with Crippen molar-refractivity contribution in [3.05, 3.63) is 24.8 Å². The number of aliphatic hydroxyl groups is 1. The smallest absolute Gasteiger partial charge is 0.333 e. The largest absolute Gasteiger partial charge is 0.478 e. The van der Waals surface area contributed by atoms with Gasteiger partial charge in [0.25, 0.3) is 0 Å². The van der Waals surface area contributed by atoms with E-state index >= 15 is 0 Å². The monoisotopic (exact) mass is 308 g/mol. The summed E-state index contributed by atoms with van der Waals surface area (Å²) >= 11 is 0. The Balaban J connectivity index is 0.000000309. The number of aliphatic carboxylic acids is 1. The highest BCUT2D eigenvalue weighted by Gasteiger charge is 2.59. The summed E-state index contributed by atoms with van der Waals surface area (Å²) in [5.74, 6) is -0.195. The lowest BCUT2D eigenvalue weighted by atomic mass is 9.52. The van der Waals surface area contributed by atoms with Crippen molar-refractivity contribution in [3.63, 3.8) is 0 Å². The van der Waals surface area contributed by atoms with E-state index in [9.17, 15) is 14.7 Å². The van der Waals surface area contributed by atoms with Gasteiger partial charge in [-0.15, -0.1) is 0 Å². The molecule has 22 heavy (non-hydrogen) atoms. The molecule has 5 nitrogen and oxygen atoms in total. The first-order valence-corrected chi connectivity index (χ1v) is 7.63. The first-order valence-electron chi connectivity index (χ1n) is 7.63. The van der Waals surface area contributed by atoms with Crippen molar-refractivity contribution < 1.29 is 24.5 Å². The molecule has 0 aromatic heterocycles. The lowest BCUT2D eigenvalue weighted by molar-refractivity contribution is -0.217. The van der Waals surface area contributed by atoms with Crippen molar-refractivity contribution in [1.82, 2.24) is 0 Å². The molecule has 2 N–H and O–H groups in total. The van der Waals surface area contributed by atoms with Crippen molar-refractivity contribution in [1.29, 1.82) is 0 Å². The van der Waals surface area contributed by atoms with Crippen molar-refractivity contribution in [3.8, 4) is 0 Å². The number of carboxylic acid groups (broad SMARTS) is 1. The van der Waals surface area contributed by atoms with Crippen LogP contribution in [-0.2, 0) is 14.3 Å². The average molecular weight is 308 g/mol. The molecule has 2 atom stereocenters. The number of rotatable bonds is 3. The van der Waals surface area contributed by atoms with Crippen LogP contribution >= 0.6 is 0 Å². The zero-order valence-electron chi connectivity index (χ0n) is 13.0. The van der Waals surface area contributed by atoms with Gasteiger partial charge in [0.1, 0.15) is 5.60 Å². The summed E-state index contributed by atoms with van der Waals surface area (Å²) in [5, 5.41) is 18.1. The number of esters is 1. The fraction of sp³-hybridized carbons (Fsp3) is 0.647. The lowest BCUT2D eigenvalue weighted by Crippen LogP contribution is -2.60. The number of carboxylic acids is 1. The van der Waals surface area contributed by atoms with Gasteiger partial charge in [-0.25, -0.2) is 9.59 Å². The van der Waals surface area contributed by atoms with Crippen LogP contribution < -0.4 is 0 Å². The third-order valence-corrected chi connectivity index (χ3v) is 4.81. The number of carbonyl (C=O) groups excluding carboxylic acids is 1. The van der Waals surface area contributed by atoms with Crippen LogP contribution in [0.1, 0.15) is 45.4 Å². The molecule has 2 unspecified atom stereocenters. The fourth-order valence-electron chi connectivity index (χ4n) is 4.53. The summed E-state index contributed by atoms with van der Waals surface area (Å²) in [6.45, 7) is 8.27. The Bertz CT molecular complexity index is 493. The molecule has 4 fully saturated rings. The van der Waals surface area contributed by atoms with Crippen molar-refractivity contribution in [2.75, 3.05) is 0 Å². The van der Waals surface area contributed by atoms with E-state index in [1.54, 1.807) is 6.92 Å². The second-order valence-corrected chi connectivity index (χ2v) is 7.08. The summed E-state index contributed by atoms with van der Waals surface area (Å²) in [5.41, 5.74) is -0.512. The van der Waals surface area contributed by atoms with Gasteiger partial charge in [0.2, 0.25) is 0 Å². The van der Waals surface area contributed by atoms with Crippen molar-refractivity contribution in [2.45, 2.75) is 56.7 Å². The molecule has 0 amide bonds. The molecule has 4 rings (SSSR count). The summed E-state index contributed by atoms with van der Waals surface area (Å²) in [4.78, 5) is 21.0. The molecule has 0 radical (unpaired) electrons. The van der Waals surface area contributed by atoms with Crippen LogP contribution in [0.3, 0.4) is 0 Å². The highest BCUT2D eigenvalue weighted by molar-refractivity contribution is 5.87. The first-order chi connectivity index (χ1) is 10.2. The van der Waals surface area contributed by atoms with Crippen LogP contribution in [-0.4, -0.2) is 33.4 Å². The molecular formula is C17H24O5. The summed E-state index contributed by atoms with van der Waals surface area (Å²) in [6.07, 6.45) is 6.34. The van der Waals surface area contributed by atoms with Crippen molar-refractivity contribution in [2.24, 2.45) is 11.8 Å². The zero-order chi connectivity index (χ0) is 16.5. The molecule has 4 aliphatic rings. The molecule has 0 heterocycles. The topological polar surface area (TPSA) is 83.8 Å². The summed E-state index contributed by atoms with van der Waals surface area (Å²) in [7, 11) is 0. The van der Waals surface area contributed by atoms with E-state index in [0.717, 1.165) is 31.8 Å². The Morgan fingerprint density at radius 3 is 2.09 bits per heavy atom. The number of carbonyl (C=O) groups is 2. The van der Waals surface area contributed by atoms with E-state index < -0.39 is 17.2 Å². The normalized spacial score (nSPS) is 37.7. The molecule has 0 aromatic carbocycles. The maximum Gasteiger partial charge on any atom is 0.333 e. The van der Waals surface area contributed by atoms with E-state index in [1.165, 1.54) is 6.42 Å². The third-order valence-electron chi connectivity index (χ3n) is 4.81. The Labute approximate surface area is 130 Å². The predicted molar refractivity (Wildman–Crippen MR) is 81.1 cm³/mol. The lowest BCUT2D eigenvalue weighted by Gasteiger charge is -2.59. The van der Waals surface area contributed by atoms with Crippen LogP contribution in [0.4, 0.5) is 0 Å². The van der Waals surface area contributed by atoms with Gasteiger partial charge in [0.15, 0.2) is 0 Å². The van der Waals surface area contributed by atoms with E-state index in [-0.39, 0.29) is 5.97 Å². The van der Waals surface area contributed by atoms with Crippen LogP contribution in [0.25, 0.3) is 0 Å². The standard InChI is InChI=1S/C14H20O3.C3H4O2/c1-9(2)12(15)17-14-6-10-3-11(7-14)5-13(16,4-10)8-14;1-2-3(4)5/h10-11,16H,1,3-8H2,2H3;2H,1H2,(H,4,5). The van der Waals surface area contributed by atoms with E-state index in [4.69, 9.17) is 9.84 Å². The molecule has 4 saturated carbocycles. The predicted octanol–water partition coefficient (Wildman–Crippen LogP) is 2.45. The van der Waals surface area contributed by atoms with Gasteiger partial charge in [0, 0.05) is 18.1 Å². The molecule has 0 saturated heterocycles. The molecule has 0 aliphatic heterocycles. The van der Waals surface area contributed by atoms with Gasteiger partial charge in [0.05, 0.1) is 5.60 Å². The number of ether oxygens (including phenoxy) is 1. The number of hydrogen-bond acceptors (Lipinski definition) is 4. The van der Waals surface area contributed by atoms with E-state index in [1.807, 2.05) is 0 Å². The Morgan fingerprint density at radius 1 is 1.23 bits per heavy atom. The SMILES string of the molecule is C=C(C)C(=O)OC12CC3CC(CC(O)(C3)C1)C2.C=CC(=O)O. The van der Waals surface area contributed by atoms with Gasteiger partial charge in [-0.3, -0.25) is 0 Å². The highest BCUT2D eigenvalue weighted by Crippen LogP contribution is 2.58. The Kier molecular flexibility index (Phi) is 4.47. The average Bonchev–Trinajstić information content (AvgIpc) is 2.35. The van der Waals surface area contributed by atoms with E-state index in [0.29, 0.717) is 23.8 Å². The fourth-order valence-corrected chi connectivity index (χ4v) is 4.53. The van der Waals surface area contributed by atoms with Gasteiger partial charge >= 0.3 is 11.9 Å². The minimum atomic E-state index is -0.981. The third kappa shape index (κ3) is 3.58. The molecule has 0 spiro atoms. The molecule has 5 heteroatoms. The Morgan fingerprint density at radius 2 is 1.73 bits per heavy atom. The van der Waals surface area contributed by atoms with Crippen molar-refractivity contribution >= 4 is 11.9 Å². The Hall–Kier alpha value is -1.62. The van der Waals surface area contributed by atoms with Crippen LogP contribution in [0.2, 0.25) is 0 Å². The molecule has 122 valence electrons. The number of hydrogen-bond donors (Lipinski definition) is 2. The zero-order valence-corrected chi connectivity index (χ0v) is 13.0. The quantitative estimate of drug-likeness (QED) is 0.618. The minimum absolute atomic E-state index is 0.296. The van der Waals surface area contributed by atoms with Gasteiger partial charge < -0.3 is 14.9 Å².